The number of halogens is 2. The zero-order valence-electron chi connectivity index (χ0n) is 18.5. The predicted octanol–water partition coefficient (Wildman–Crippen LogP) is 6.02. The lowest BCUT2D eigenvalue weighted by Crippen LogP contribution is -2.43. The first-order valence-electron chi connectivity index (χ1n) is 10.6. The van der Waals surface area contributed by atoms with E-state index in [1.54, 1.807) is 30.3 Å². The van der Waals surface area contributed by atoms with Gasteiger partial charge in [-0.05, 0) is 56.0 Å². The van der Waals surface area contributed by atoms with Gasteiger partial charge in [0.05, 0.1) is 22.3 Å². The van der Waals surface area contributed by atoms with Gasteiger partial charge in [0.15, 0.2) is 0 Å². The van der Waals surface area contributed by atoms with Crippen LogP contribution in [0.3, 0.4) is 0 Å². The van der Waals surface area contributed by atoms with Gasteiger partial charge in [-0.15, -0.1) is 6.58 Å². The number of nitrogens with zero attached hydrogens (tertiary/aromatic N) is 2. The minimum Gasteiger partial charge on any atom is -0.333 e. The largest absolute Gasteiger partial charge is 0.333 e. The Morgan fingerprint density at radius 2 is 1.78 bits per heavy atom. The Balaban J connectivity index is 2.06. The fraction of sp³-hybridized carbons (Fsp3) is 0.375. The number of amides is 1. The molecular weight excluding hydrogens is 467 g/mol. The topological polar surface area (TPSA) is 57.7 Å². The molecule has 2 aromatic carbocycles. The Labute approximate surface area is 200 Å². The summed E-state index contributed by atoms with van der Waals surface area (Å²) in [5.41, 5.74) is 0.611. The van der Waals surface area contributed by atoms with E-state index in [0.717, 1.165) is 17.1 Å². The Hall–Kier alpha value is -2.02. The van der Waals surface area contributed by atoms with E-state index >= 15 is 0 Å². The minimum absolute atomic E-state index is 0.000841. The number of carbonyl (C=O) groups excluding carboxylic acids is 1. The van der Waals surface area contributed by atoms with Crippen molar-refractivity contribution in [1.82, 2.24) is 4.90 Å². The van der Waals surface area contributed by atoms with Crippen LogP contribution in [0.25, 0.3) is 0 Å². The molecule has 0 aliphatic heterocycles. The molecule has 0 radical (unpaired) electrons. The fourth-order valence-corrected chi connectivity index (χ4v) is 5.80. The molecule has 0 N–H and O–H groups in total. The van der Waals surface area contributed by atoms with E-state index in [0.29, 0.717) is 11.3 Å². The highest BCUT2D eigenvalue weighted by atomic mass is 35.5. The van der Waals surface area contributed by atoms with Crippen LogP contribution in [-0.4, -0.2) is 37.9 Å². The molecule has 0 bridgehead atoms. The van der Waals surface area contributed by atoms with Gasteiger partial charge >= 0.3 is 0 Å². The van der Waals surface area contributed by atoms with E-state index in [-0.39, 0.29) is 45.4 Å². The van der Waals surface area contributed by atoms with Crippen LogP contribution in [0.2, 0.25) is 10.0 Å². The highest BCUT2D eigenvalue weighted by molar-refractivity contribution is 7.93. The van der Waals surface area contributed by atoms with Gasteiger partial charge in [-0.25, -0.2) is 8.42 Å². The summed E-state index contributed by atoms with van der Waals surface area (Å²) < 4.78 is 28.4. The average molecular weight is 495 g/mol. The molecule has 3 rings (SSSR count). The van der Waals surface area contributed by atoms with Gasteiger partial charge in [0, 0.05) is 17.6 Å². The van der Waals surface area contributed by atoms with Crippen molar-refractivity contribution in [1.29, 1.82) is 0 Å². The Morgan fingerprint density at radius 3 is 2.34 bits per heavy atom. The van der Waals surface area contributed by atoms with Crippen LogP contribution < -0.4 is 4.31 Å². The standard InChI is InChI=1S/C24H28Cl2N2O3S/c1-5-14-27(22-9-7-6-8-20(22)25)32(30,31)23-15-18(10-13-21(23)26)24(29)28(19-11-12-19)17(4)16(2)3/h5-10,13,15-17,19H,1,11-12,14H2,2-4H3. The lowest BCUT2D eigenvalue weighted by atomic mass is 10.0. The van der Waals surface area contributed by atoms with Crippen LogP contribution in [0.15, 0.2) is 60.0 Å². The van der Waals surface area contributed by atoms with Crippen LogP contribution in [-0.2, 0) is 10.0 Å². The van der Waals surface area contributed by atoms with E-state index in [9.17, 15) is 13.2 Å². The first-order chi connectivity index (χ1) is 15.1. The number of hydrogen-bond acceptors (Lipinski definition) is 3. The Morgan fingerprint density at radius 1 is 1.12 bits per heavy atom. The molecule has 1 fully saturated rings. The van der Waals surface area contributed by atoms with Crippen molar-refractivity contribution >= 4 is 44.8 Å². The Bertz CT molecular complexity index is 1110. The monoisotopic (exact) mass is 494 g/mol. The molecule has 1 aliphatic rings. The summed E-state index contributed by atoms with van der Waals surface area (Å²) in [5, 5.41) is 0.324. The van der Waals surface area contributed by atoms with Crippen molar-refractivity contribution in [3.05, 3.63) is 70.7 Å². The van der Waals surface area contributed by atoms with Crippen molar-refractivity contribution in [2.45, 2.75) is 50.6 Å². The number of carbonyl (C=O) groups is 1. The van der Waals surface area contributed by atoms with Crippen LogP contribution >= 0.6 is 23.2 Å². The van der Waals surface area contributed by atoms with Gasteiger partial charge in [0.1, 0.15) is 4.90 Å². The third-order valence-corrected chi connectivity index (χ3v) is 8.32. The number of anilines is 1. The van der Waals surface area contributed by atoms with Crippen molar-refractivity contribution in [2.75, 3.05) is 10.8 Å². The zero-order chi connectivity index (χ0) is 23.6. The number of benzene rings is 2. The highest BCUT2D eigenvalue weighted by Crippen LogP contribution is 2.35. The summed E-state index contributed by atoms with van der Waals surface area (Å²) >= 11 is 12.6. The van der Waals surface area contributed by atoms with Crippen LogP contribution in [0.4, 0.5) is 5.69 Å². The fourth-order valence-electron chi connectivity index (χ4n) is 3.56. The first kappa shape index (κ1) is 24.6. The first-order valence-corrected chi connectivity index (χ1v) is 12.8. The molecule has 1 amide bonds. The summed E-state index contributed by atoms with van der Waals surface area (Å²) in [5.74, 6) is 0.0909. The van der Waals surface area contributed by atoms with E-state index in [1.165, 1.54) is 18.2 Å². The van der Waals surface area contributed by atoms with E-state index in [2.05, 4.69) is 20.4 Å². The molecule has 0 aromatic heterocycles. The molecule has 0 spiro atoms. The molecule has 0 heterocycles. The molecule has 1 atom stereocenters. The number of hydrogen-bond donors (Lipinski definition) is 0. The highest BCUT2D eigenvalue weighted by Gasteiger charge is 2.38. The molecule has 1 aliphatic carbocycles. The molecule has 172 valence electrons. The molecule has 0 saturated heterocycles. The predicted molar refractivity (Wildman–Crippen MR) is 131 cm³/mol. The van der Waals surface area contributed by atoms with Crippen molar-refractivity contribution in [2.24, 2.45) is 5.92 Å². The summed E-state index contributed by atoms with van der Waals surface area (Å²) in [7, 11) is -4.12. The van der Waals surface area contributed by atoms with Gasteiger partial charge in [-0.1, -0.05) is 55.3 Å². The average Bonchev–Trinajstić information content (AvgIpc) is 3.57. The minimum atomic E-state index is -4.12. The summed E-state index contributed by atoms with van der Waals surface area (Å²) in [4.78, 5) is 15.2. The lowest BCUT2D eigenvalue weighted by Gasteiger charge is -2.32. The molecule has 1 saturated carbocycles. The second kappa shape index (κ2) is 9.86. The zero-order valence-corrected chi connectivity index (χ0v) is 20.8. The number of rotatable bonds is 9. The van der Waals surface area contributed by atoms with E-state index in [1.807, 2.05) is 11.8 Å². The van der Waals surface area contributed by atoms with Gasteiger partial charge in [-0.3, -0.25) is 9.10 Å². The Kier molecular flexibility index (Phi) is 7.58. The second-order valence-corrected chi connectivity index (χ2v) is 11.0. The van der Waals surface area contributed by atoms with Gasteiger partial charge in [0.2, 0.25) is 0 Å². The van der Waals surface area contributed by atoms with Crippen molar-refractivity contribution in [3.63, 3.8) is 0 Å². The summed E-state index contributed by atoms with van der Waals surface area (Å²) in [6, 6.07) is 11.3. The number of para-hydroxylation sites is 1. The normalized spacial score (nSPS) is 14.8. The molecular formula is C24H28Cl2N2O3S. The van der Waals surface area contributed by atoms with Crippen LogP contribution in [0, 0.1) is 5.92 Å². The third kappa shape index (κ3) is 4.98. The van der Waals surface area contributed by atoms with E-state index < -0.39 is 10.0 Å². The van der Waals surface area contributed by atoms with Crippen molar-refractivity contribution in [3.8, 4) is 0 Å². The van der Waals surface area contributed by atoms with Crippen molar-refractivity contribution < 1.29 is 13.2 Å². The van der Waals surface area contributed by atoms with Crippen LogP contribution in [0.1, 0.15) is 44.0 Å². The number of sulfonamides is 1. The second-order valence-electron chi connectivity index (χ2n) is 8.35. The van der Waals surface area contributed by atoms with Gasteiger partial charge < -0.3 is 4.90 Å². The van der Waals surface area contributed by atoms with Gasteiger partial charge in [-0.2, -0.15) is 0 Å². The summed E-state index contributed by atoms with van der Waals surface area (Å²) in [6.45, 7) is 9.84. The van der Waals surface area contributed by atoms with Crippen LogP contribution in [0.5, 0.6) is 0 Å². The maximum Gasteiger partial charge on any atom is 0.266 e. The molecule has 32 heavy (non-hydrogen) atoms. The summed E-state index contributed by atoms with van der Waals surface area (Å²) in [6.07, 6.45) is 3.39. The lowest BCUT2D eigenvalue weighted by molar-refractivity contribution is 0.0627. The molecule has 2 aromatic rings. The quantitative estimate of drug-likeness (QED) is 0.400. The molecule has 5 nitrogen and oxygen atoms in total. The smallest absolute Gasteiger partial charge is 0.266 e. The maximum absolute atomic E-state index is 13.6. The third-order valence-electron chi connectivity index (χ3n) is 5.74. The molecule has 1 unspecified atom stereocenters. The van der Waals surface area contributed by atoms with Gasteiger partial charge in [0.25, 0.3) is 15.9 Å². The van der Waals surface area contributed by atoms with E-state index in [4.69, 9.17) is 23.2 Å². The SMILES string of the molecule is C=CCN(c1ccccc1Cl)S(=O)(=O)c1cc(C(=O)N(C2CC2)C(C)C(C)C)ccc1Cl. The molecule has 8 heteroatoms. The maximum atomic E-state index is 13.6.